The number of morpholine rings is 1. The first-order valence-corrected chi connectivity index (χ1v) is 13.0. The first-order valence-electron chi connectivity index (χ1n) is 13.0. The molecule has 0 atom stereocenters. The molecular formula is C30H34N4O4. The fourth-order valence-corrected chi connectivity index (χ4v) is 4.90. The molecule has 2 saturated heterocycles. The molecule has 0 bridgehead atoms. The monoisotopic (exact) mass is 514 g/mol. The van der Waals surface area contributed by atoms with Crippen molar-refractivity contribution in [1.29, 1.82) is 0 Å². The Labute approximate surface area is 223 Å². The van der Waals surface area contributed by atoms with Gasteiger partial charge in [-0.05, 0) is 53.1 Å². The highest BCUT2D eigenvalue weighted by Gasteiger charge is 2.23. The van der Waals surface area contributed by atoms with Gasteiger partial charge in [-0.25, -0.2) is 0 Å². The Kier molecular flexibility index (Phi) is 8.09. The van der Waals surface area contributed by atoms with Crippen LogP contribution < -0.4 is 19.9 Å². The zero-order valence-corrected chi connectivity index (χ0v) is 21.8. The molecule has 2 heterocycles. The average Bonchev–Trinajstić information content (AvgIpc) is 2.96. The Morgan fingerprint density at radius 2 is 1.61 bits per heavy atom. The van der Waals surface area contributed by atoms with Crippen molar-refractivity contribution in [3.8, 4) is 5.75 Å². The van der Waals surface area contributed by atoms with Crippen LogP contribution in [0, 0.1) is 0 Å². The summed E-state index contributed by atoms with van der Waals surface area (Å²) >= 11 is 0. The van der Waals surface area contributed by atoms with Gasteiger partial charge in [0.1, 0.15) is 5.75 Å². The lowest BCUT2D eigenvalue weighted by atomic mass is 10.1. The molecule has 8 nitrogen and oxygen atoms in total. The molecule has 2 amide bonds. The summed E-state index contributed by atoms with van der Waals surface area (Å²) in [5.41, 5.74) is 5.68. The SMILES string of the molecule is COc1cccc(CN(Cc2cccc(N3CCOCC3)c2)c2ccc(CN3CC(=O)NCC3=O)cc2)c1. The molecule has 38 heavy (non-hydrogen) atoms. The van der Waals surface area contributed by atoms with Crippen LogP contribution in [0.15, 0.2) is 72.8 Å². The minimum absolute atomic E-state index is 0.0616. The molecule has 0 saturated carbocycles. The molecule has 0 spiro atoms. The Hall–Kier alpha value is -4.04. The summed E-state index contributed by atoms with van der Waals surface area (Å²) in [5, 5.41) is 2.60. The molecule has 198 valence electrons. The van der Waals surface area contributed by atoms with Gasteiger partial charge in [-0.1, -0.05) is 36.4 Å². The predicted molar refractivity (Wildman–Crippen MR) is 147 cm³/mol. The highest BCUT2D eigenvalue weighted by molar-refractivity contribution is 5.92. The van der Waals surface area contributed by atoms with Crippen LogP contribution in [0.4, 0.5) is 11.4 Å². The van der Waals surface area contributed by atoms with Crippen molar-refractivity contribution in [2.24, 2.45) is 0 Å². The molecule has 0 radical (unpaired) electrons. The van der Waals surface area contributed by atoms with E-state index in [1.54, 1.807) is 12.0 Å². The minimum atomic E-state index is -0.120. The van der Waals surface area contributed by atoms with E-state index in [9.17, 15) is 9.59 Å². The maximum Gasteiger partial charge on any atom is 0.242 e. The Morgan fingerprint density at radius 1 is 0.895 bits per heavy atom. The highest BCUT2D eigenvalue weighted by atomic mass is 16.5. The predicted octanol–water partition coefficient (Wildman–Crippen LogP) is 3.20. The number of benzene rings is 3. The van der Waals surface area contributed by atoms with E-state index in [0.29, 0.717) is 13.1 Å². The van der Waals surface area contributed by atoms with E-state index in [4.69, 9.17) is 9.47 Å². The molecule has 8 heteroatoms. The second kappa shape index (κ2) is 12.0. The number of ether oxygens (including phenoxy) is 2. The van der Waals surface area contributed by atoms with Crippen LogP contribution in [0.5, 0.6) is 5.75 Å². The van der Waals surface area contributed by atoms with Crippen molar-refractivity contribution >= 4 is 23.2 Å². The zero-order valence-electron chi connectivity index (χ0n) is 21.8. The van der Waals surface area contributed by atoms with Crippen molar-refractivity contribution in [3.63, 3.8) is 0 Å². The quantitative estimate of drug-likeness (QED) is 0.473. The van der Waals surface area contributed by atoms with Crippen LogP contribution in [-0.4, -0.2) is 63.2 Å². The summed E-state index contributed by atoms with van der Waals surface area (Å²) in [7, 11) is 1.68. The van der Waals surface area contributed by atoms with E-state index in [0.717, 1.165) is 55.4 Å². The van der Waals surface area contributed by atoms with Crippen LogP contribution in [0.3, 0.4) is 0 Å². The van der Waals surface area contributed by atoms with Gasteiger partial charge < -0.3 is 29.5 Å². The Morgan fingerprint density at radius 3 is 2.34 bits per heavy atom. The molecular weight excluding hydrogens is 480 g/mol. The Balaban J connectivity index is 1.36. The van der Waals surface area contributed by atoms with Crippen LogP contribution in [-0.2, 0) is 34.0 Å². The van der Waals surface area contributed by atoms with E-state index < -0.39 is 0 Å². The highest BCUT2D eigenvalue weighted by Crippen LogP contribution is 2.25. The van der Waals surface area contributed by atoms with Gasteiger partial charge in [-0.15, -0.1) is 0 Å². The molecule has 3 aromatic rings. The molecule has 0 aliphatic carbocycles. The number of methoxy groups -OCH3 is 1. The van der Waals surface area contributed by atoms with Crippen LogP contribution in [0.25, 0.3) is 0 Å². The number of nitrogens with zero attached hydrogens (tertiary/aromatic N) is 3. The second-order valence-electron chi connectivity index (χ2n) is 9.67. The van der Waals surface area contributed by atoms with Gasteiger partial charge in [0.15, 0.2) is 0 Å². The third kappa shape index (κ3) is 6.44. The number of carbonyl (C=O) groups is 2. The summed E-state index contributed by atoms with van der Waals surface area (Å²) < 4.78 is 11.0. The van der Waals surface area contributed by atoms with Crippen molar-refractivity contribution in [2.75, 3.05) is 56.3 Å². The minimum Gasteiger partial charge on any atom is -0.497 e. The number of amides is 2. The normalized spacial score (nSPS) is 15.8. The van der Waals surface area contributed by atoms with E-state index in [1.807, 2.05) is 24.3 Å². The lowest BCUT2D eigenvalue weighted by molar-refractivity contribution is -0.141. The third-order valence-electron chi connectivity index (χ3n) is 6.97. The number of rotatable bonds is 9. The molecule has 0 unspecified atom stereocenters. The van der Waals surface area contributed by atoms with Gasteiger partial charge in [0.2, 0.25) is 11.8 Å². The zero-order chi connectivity index (χ0) is 26.3. The maximum absolute atomic E-state index is 12.2. The summed E-state index contributed by atoms with van der Waals surface area (Å²) in [5.74, 6) is 0.654. The molecule has 3 aromatic carbocycles. The van der Waals surface area contributed by atoms with E-state index in [2.05, 4.69) is 63.6 Å². The number of carbonyl (C=O) groups excluding carboxylic acids is 2. The summed E-state index contributed by atoms with van der Waals surface area (Å²) in [6.45, 7) is 5.35. The molecule has 2 fully saturated rings. The van der Waals surface area contributed by atoms with Crippen molar-refractivity contribution in [1.82, 2.24) is 10.2 Å². The largest absolute Gasteiger partial charge is 0.497 e. The average molecular weight is 515 g/mol. The number of hydrogen-bond acceptors (Lipinski definition) is 6. The first kappa shape index (κ1) is 25.6. The van der Waals surface area contributed by atoms with Crippen molar-refractivity contribution < 1.29 is 19.1 Å². The first-order chi connectivity index (χ1) is 18.6. The molecule has 5 rings (SSSR count). The molecule has 0 aromatic heterocycles. The second-order valence-corrected chi connectivity index (χ2v) is 9.67. The van der Waals surface area contributed by atoms with Gasteiger partial charge in [0, 0.05) is 44.1 Å². The number of piperazine rings is 1. The smallest absolute Gasteiger partial charge is 0.242 e. The van der Waals surface area contributed by atoms with Gasteiger partial charge in [-0.3, -0.25) is 9.59 Å². The van der Waals surface area contributed by atoms with Gasteiger partial charge in [0.25, 0.3) is 0 Å². The van der Waals surface area contributed by atoms with Gasteiger partial charge in [0.05, 0.1) is 33.4 Å². The van der Waals surface area contributed by atoms with Gasteiger partial charge >= 0.3 is 0 Å². The fourth-order valence-electron chi connectivity index (χ4n) is 4.90. The number of nitrogens with one attached hydrogen (secondary N) is 1. The molecule has 2 aliphatic heterocycles. The fraction of sp³-hybridized carbons (Fsp3) is 0.333. The summed E-state index contributed by atoms with van der Waals surface area (Å²) in [4.78, 5) is 30.3. The maximum atomic E-state index is 12.2. The number of hydrogen-bond donors (Lipinski definition) is 1. The summed E-state index contributed by atoms with van der Waals surface area (Å²) in [6, 6.07) is 25.1. The van der Waals surface area contributed by atoms with E-state index >= 15 is 0 Å². The lowest BCUT2D eigenvalue weighted by Gasteiger charge is -2.30. The van der Waals surface area contributed by atoms with Crippen LogP contribution >= 0.6 is 0 Å². The Bertz CT molecular complexity index is 1260. The molecule has 1 N–H and O–H groups in total. The van der Waals surface area contributed by atoms with E-state index in [1.165, 1.54) is 11.3 Å². The van der Waals surface area contributed by atoms with Crippen molar-refractivity contribution in [2.45, 2.75) is 19.6 Å². The lowest BCUT2D eigenvalue weighted by Crippen LogP contribution is -2.50. The standard InChI is InChI=1S/C30H34N4O4/c1-37-28-7-3-5-25(17-28)21-33(20-24-4-2-6-27(16-24)32-12-14-38-15-13-32)26-10-8-23(9-11-26)19-34-22-29(35)31-18-30(34)36/h2-11,16-17H,12-15,18-22H2,1H3,(H,31,35). The third-order valence-corrected chi connectivity index (χ3v) is 6.97. The number of anilines is 2. The van der Waals surface area contributed by atoms with Crippen molar-refractivity contribution in [3.05, 3.63) is 89.5 Å². The van der Waals surface area contributed by atoms with Crippen LogP contribution in [0.1, 0.15) is 16.7 Å². The topological polar surface area (TPSA) is 74.3 Å². The van der Waals surface area contributed by atoms with Crippen LogP contribution in [0.2, 0.25) is 0 Å². The van der Waals surface area contributed by atoms with Gasteiger partial charge in [-0.2, -0.15) is 0 Å². The van der Waals surface area contributed by atoms with E-state index in [-0.39, 0.29) is 24.9 Å². The molecule has 2 aliphatic rings. The summed E-state index contributed by atoms with van der Waals surface area (Å²) in [6.07, 6.45) is 0.